The molecule has 6 heteroatoms. The predicted octanol–water partition coefficient (Wildman–Crippen LogP) is 3.09. The van der Waals surface area contributed by atoms with Crippen molar-refractivity contribution in [2.24, 2.45) is 0 Å². The quantitative estimate of drug-likeness (QED) is 0.743. The fourth-order valence-electron chi connectivity index (χ4n) is 2.36. The first kappa shape index (κ1) is 13.8. The van der Waals surface area contributed by atoms with Gasteiger partial charge in [0, 0.05) is 18.1 Å². The molecule has 0 saturated carbocycles. The number of rotatable bonds is 2. The number of aromatic nitrogens is 2. The number of halogens is 2. The van der Waals surface area contributed by atoms with E-state index in [0.29, 0.717) is 6.61 Å². The normalized spacial score (nSPS) is 17.9. The van der Waals surface area contributed by atoms with Crippen LogP contribution in [0.5, 0.6) is 5.75 Å². The van der Waals surface area contributed by atoms with E-state index in [2.05, 4.69) is 27.7 Å². The van der Waals surface area contributed by atoms with Gasteiger partial charge in [-0.15, -0.1) is 0 Å². The minimum absolute atomic E-state index is 0.163. The predicted molar refractivity (Wildman–Crippen MR) is 80.7 cm³/mol. The van der Waals surface area contributed by atoms with Gasteiger partial charge in [0.1, 0.15) is 3.70 Å². The third-order valence-corrected chi connectivity index (χ3v) is 4.28. The monoisotopic (exact) mass is 388 g/mol. The van der Waals surface area contributed by atoms with E-state index >= 15 is 0 Å². The lowest BCUT2D eigenvalue weighted by Gasteiger charge is -2.21. The van der Waals surface area contributed by atoms with Crippen molar-refractivity contribution < 1.29 is 13.9 Å². The van der Waals surface area contributed by atoms with E-state index in [1.54, 1.807) is 12.1 Å². The van der Waals surface area contributed by atoms with Gasteiger partial charge in [0.25, 0.3) is 0 Å². The Kier molecular flexibility index (Phi) is 3.68. The largest absolute Gasteiger partial charge is 0.494 e. The summed E-state index contributed by atoms with van der Waals surface area (Å²) in [5.41, 5.74) is 3.05. The molecule has 0 spiro atoms. The van der Waals surface area contributed by atoms with Crippen molar-refractivity contribution >= 4 is 22.6 Å². The van der Waals surface area contributed by atoms with Crippen molar-refractivity contribution in [1.29, 1.82) is 0 Å². The summed E-state index contributed by atoms with van der Waals surface area (Å²) in [5.74, 6) is -0.148. The Labute approximate surface area is 130 Å². The second kappa shape index (κ2) is 5.33. The van der Waals surface area contributed by atoms with Crippen LogP contribution in [-0.2, 0) is 17.8 Å². The first-order valence-electron chi connectivity index (χ1n) is 6.32. The Morgan fingerprint density at radius 1 is 1.50 bits per heavy atom. The van der Waals surface area contributed by atoms with E-state index in [1.807, 2.05) is 11.6 Å². The highest BCUT2D eigenvalue weighted by Gasteiger charge is 2.24. The van der Waals surface area contributed by atoms with E-state index in [4.69, 9.17) is 9.47 Å². The molecular formula is C14H14FIN2O2. The molecule has 0 aliphatic carbocycles. The van der Waals surface area contributed by atoms with Crippen molar-refractivity contribution in [3.8, 4) is 11.4 Å². The molecule has 4 nitrogen and oxygen atoms in total. The maximum absolute atomic E-state index is 13.5. The lowest BCUT2D eigenvalue weighted by atomic mass is 10.1. The maximum atomic E-state index is 13.5. The van der Waals surface area contributed by atoms with Crippen LogP contribution in [0.25, 0.3) is 5.69 Å². The number of methoxy groups -OCH3 is 1. The first-order chi connectivity index (χ1) is 9.60. The van der Waals surface area contributed by atoms with Crippen LogP contribution >= 0.6 is 22.6 Å². The smallest absolute Gasteiger partial charge is 0.165 e. The van der Waals surface area contributed by atoms with Gasteiger partial charge in [-0.05, 0) is 41.6 Å². The molecule has 0 N–H and O–H groups in total. The van der Waals surface area contributed by atoms with Gasteiger partial charge in [0.15, 0.2) is 11.6 Å². The van der Waals surface area contributed by atoms with Gasteiger partial charge in [0.2, 0.25) is 0 Å². The molecule has 0 amide bonds. The molecule has 0 radical (unpaired) electrons. The number of hydrogen-bond donors (Lipinski definition) is 0. The van der Waals surface area contributed by atoms with Crippen LogP contribution in [0.3, 0.4) is 0 Å². The van der Waals surface area contributed by atoms with Crippen LogP contribution in [0.2, 0.25) is 0 Å². The zero-order chi connectivity index (χ0) is 14.3. The van der Waals surface area contributed by atoms with Crippen LogP contribution in [0.1, 0.15) is 18.2 Å². The van der Waals surface area contributed by atoms with E-state index in [0.717, 1.165) is 27.1 Å². The molecular weight excluding hydrogens is 374 g/mol. The van der Waals surface area contributed by atoms with E-state index < -0.39 is 0 Å². The van der Waals surface area contributed by atoms with Gasteiger partial charge < -0.3 is 9.47 Å². The SMILES string of the molecule is COc1cc(-n2nc(I)c3c2C[C@H](C)OC3)ccc1F. The molecule has 0 saturated heterocycles. The molecule has 2 heterocycles. The molecule has 1 aliphatic rings. The molecule has 0 fully saturated rings. The highest BCUT2D eigenvalue weighted by atomic mass is 127. The summed E-state index contributed by atoms with van der Waals surface area (Å²) in [6.45, 7) is 2.62. The molecule has 1 aromatic heterocycles. The highest BCUT2D eigenvalue weighted by molar-refractivity contribution is 14.1. The molecule has 1 aliphatic heterocycles. The van der Waals surface area contributed by atoms with Crippen molar-refractivity contribution in [1.82, 2.24) is 9.78 Å². The topological polar surface area (TPSA) is 36.3 Å². The first-order valence-corrected chi connectivity index (χ1v) is 7.40. The fraction of sp³-hybridized carbons (Fsp3) is 0.357. The van der Waals surface area contributed by atoms with E-state index in [-0.39, 0.29) is 17.7 Å². The molecule has 0 unspecified atom stereocenters. The standard InChI is InChI=1S/C14H14FIN2O2/c1-8-5-12-10(7-20-8)14(16)17-18(12)9-3-4-11(15)13(6-9)19-2/h3-4,6,8H,5,7H2,1-2H3/t8-/m0/s1. The van der Waals surface area contributed by atoms with Crippen LogP contribution in [0, 0.1) is 9.52 Å². The molecule has 0 bridgehead atoms. The molecule has 2 aromatic rings. The number of nitrogens with zero attached hydrogens (tertiary/aromatic N) is 2. The van der Waals surface area contributed by atoms with Gasteiger partial charge in [-0.2, -0.15) is 5.10 Å². The lowest BCUT2D eigenvalue weighted by molar-refractivity contribution is 0.0395. The summed E-state index contributed by atoms with van der Waals surface area (Å²) in [7, 11) is 1.46. The molecule has 20 heavy (non-hydrogen) atoms. The van der Waals surface area contributed by atoms with Crippen LogP contribution < -0.4 is 4.74 Å². The van der Waals surface area contributed by atoms with E-state index in [1.165, 1.54) is 13.2 Å². The molecule has 1 aromatic carbocycles. The lowest BCUT2D eigenvalue weighted by Crippen LogP contribution is -2.21. The van der Waals surface area contributed by atoms with E-state index in [9.17, 15) is 4.39 Å². The molecule has 106 valence electrons. The van der Waals surface area contributed by atoms with Crippen LogP contribution in [-0.4, -0.2) is 23.0 Å². The summed E-state index contributed by atoms with van der Waals surface area (Å²) in [5, 5.41) is 4.55. The summed E-state index contributed by atoms with van der Waals surface area (Å²) in [6.07, 6.45) is 0.960. The van der Waals surface area contributed by atoms with Gasteiger partial charge in [-0.3, -0.25) is 0 Å². The second-order valence-corrected chi connectivity index (χ2v) is 5.79. The summed E-state index contributed by atoms with van der Waals surface area (Å²) >= 11 is 2.21. The van der Waals surface area contributed by atoms with Crippen molar-refractivity contribution in [2.45, 2.75) is 26.1 Å². The third-order valence-electron chi connectivity index (χ3n) is 3.41. The zero-order valence-electron chi connectivity index (χ0n) is 11.2. The molecule has 3 rings (SSSR count). The molecule has 1 atom stereocenters. The minimum atomic E-state index is -0.372. The van der Waals surface area contributed by atoms with Crippen molar-refractivity contribution in [2.75, 3.05) is 7.11 Å². The zero-order valence-corrected chi connectivity index (χ0v) is 13.3. The Morgan fingerprint density at radius 3 is 3.05 bits per heavy atom. The van der Waals surface area contributed by atoms with Crippen molar-refractivity contribution in [3.05, 3.63) is 39.0 Å². The van der Waals surface area contributed by atoms with Crippen molar-refractivity contribution in [3.63, 3.8) is 0 Å². The Morgan fingerprint density at radius 2 is 2.30 bits per heavy atom. The van der Waals surface area contributed by atoms with Crippen LogP contribution in [0.4, 0.5) is 4.39 Å². The number of hydrogen-bond acceptors (Lipinski definition) is 3. The summed E-state index contributed by atoms with van der Waals surface area (Å²) in [4.78, 5) is 0. The Balaban J connectivity index is 2.11. The Hall–Kier alpha value is -1.15. The van der Waals surface area contributed by atoms with Gasteiger partial charge in [-0.1, -0.05) is 0 Å². The van der Waals surface area contributed by atoms with Gasteiger partial charge in [0.05, 0.1) is 31.2 Å². The van der Waals surface area contributed by atoms with Crippen LogP contribution in [0.15, 0.2) is 18.2 Å². The van der Waals surface area contributed by atoms with Gasteiger partial charge in [-0.25, -0.2) is 9.07 Å². The number of ether oxygens (including phenoxy) is 2. The number of benzene rings is 1. The average Bonchev–Trinajstić information content (AvgIpc) is 2.76. The average molecular weight is 388 g/mol. The fourth-order valence-corrected chi connectivity index (χ4v) is 3.04. The highest BCUT2D eigenvalue weighted by Crippen LogP contribution is 2.29. The minimum Gasteiger partial charge on any atom is -0.494 e. The third kappa shape index (κ3) is 2.31. The Bertz CT molecular complexity index is 657. The van der Waals surface area contributed by atoms with Gasteiger partial charge >= 0.3 is 0 Å². The summed E-state index contributed by atoms with van der Waals surface area (Å²) in [6, 6.07) is 4.78. The second-order valence-electron chi connectivity index (χ2n) is 4.77. The number of fused-ring (bicyclic) bond motifs is 1. The summed E-state index contributed by atoms with van der Waals surface area (Å²) < 4.78 is 27.0. The maximum Gasteiger partial charge on any atom is 0.165 e.